The lowest BCUT2D eigenvalue weighted by molar-refractivity contribution is 1.26. The van der Waals surface area contributed by atoms with Crippen LogP contribution in [0, 0.1) is 0 Å². The molecule has 0 nitrogen and oxygen atoms in total. The second-order valence-electron chi connectivity index (χ2n) is 3.49. The summed E-state index contributed by atoms with van der Waals surface area (Å²) in [5.74, 6) is 0. The lowest BCUT2D eigenvalue weighted by Gasteiger charge is -1.98. The van der Waals surface area contributed by atoms with Crippen molar-refractivity contribution in [2.75, 3.05) is 0 Å². The van der Waals surface area contributed by atoms with E-state index in [1.165, 1.54) is 22.3 Å². The number of benzene rings is 2. The van der Waals surface area contributed by atoms with Crippen LogP contribution in [0.25, 0.3) is 11.1 Å². The molecule has 0 aliphatic heterocycles. The molecular formula is C15H16. The van der Waals surface area contributed by atoms with Gasteiger partial charge in [0.1, 0.15) is 0 Å². The third kappa shape index (κ3) is 1.68. The van der Waals surface area contributed by atoms with Gasteiger partial charge in [0.25, 0.3) is 0 Å². The first-order chi connectivity index (χ1) is 7.45. The van der Waals surface area contributed by atoms with Crippen molar-refractivity contribution in [3.05, 3.63) is 59.7 Å². The van der Waals surface area contributed by atoms with Crippen LogP contribution in [0.4, 0.5) is 0 Å². The Balaban J connectivity index is 0.000000404. The van der Waals surface area contributed by atoms with Crippen LogP contribution in [0.2, 0.25) is 0 Å². The highest BCUT2D eigenvalue weighted by atomic mass is 14.2. The second-order valence-corrected chi connectivity index (χ2v) is 3.49. The maximum absolute atomic E-state index is 2.22. The molecule has 0 amide bonds. The third-order valence-electron chi connectivity index (χ3n) is 2.71. The first-order valence-corrected chi connectivity index (χ1v) is 5.61. The number of fused-ring (bicyclic) bond motifs is 3. The molecule has 2 aromatic carbocycles. The van der Waals surface area contributed by atoms with Crippen molar-refractivity contribution in [1.29, 1.82) is 0 Å². The van der Waals surface area contributed by atoms with E-state index in [0.717, 1.165) is 6.42 Å². The van der Waals surface area contributed by atoms with E-state index in [1.807, 2.05) is 13.8 Å². The average Bonchev–Trinajstić information content (AvgIpc) is 2.70. The van der Waals surface area contributed by atoms with Gasteiger partial charge in [-0.3, -0.25) is 0 Å². The van der Waals surface area contributed by atoms with Crippen LogP contribution in [-0.4, -0.2) is 0 Å². The summed E-state index contributed by atoms with van der Waals surface area (Å²) in [5, 5.41) is 0. The predicted octanol–water partition coefficient (Wildman–Crippen LogP) is 4.28. The van der Waals surface area contributed by atoms with Crippen molar-refractivity contribution >= 4 is 0 Å². The van der Waals surface area contributed by atoms with Gasteiger partial charge in [-0.1, -0.05) is 62.4 Å². The van der Waals surface area contributed by atoms with E-state index in [4.69, 9.17) is 0 Å². The molecule has 0 bridgehead atoms. The van der Waals surface area contributed by atoms with Gasteiger partial charge >= 0.3 is 0 Å². The zero-order chi connectivity index (χ0) is 10.7. The summed E-state index contributed by atoms with van der Waals surface area (Å²) in [6.07, 6.45) is 1.10. The zero-order valence-electron chi connectivity index (χ0n) is 9.33. The molecular weight excluding hydrogens is 180 g/mol. The number of rotatable bonds is 0. The Kier molecular flexibility index (Phi) is 2.86. The Bertz CT molecular complexity index is 412. The monoisotopic (exact) mass is 196 g/mol. The van der Waals surface area contributed by atoms with E-state index >= 15 is 0 Å². The van der Waals surface area contributed by atoms with E-state index in [2.05, 4.69) is 48.5 Å². The van der Waals surface area contributed by atoms with Crippen molar-refractivity contribution in [3.8, 4) is 11.1 Å². The Hall–Kier alpha value is -1.56. The van der Waals surface area contributed by atoms with Crippen LogP contribution in [0.1, 0.15) is 25.0 Å². The minimum absolute atomic E-state index is 1.10. The Morgan fingerprint density at radius 3 is 1.53 bits per heavy atom. The highest BCUT2D eigenvalue weighted by molar-refractivity contribution is 5.76. The van der Waals surface area contributed by atoms with Gasteiger partial charge in [-0.15, -0.1) is 0 Å². The lowest BCUT2D eigenvalue weighted by Crippen LogP contribution is -1.77. The van der Waals surface area contributed by atoms with Gasteiger partial charge in [-0.05, 0) is 28.7 Å². The Morgan fingerprint density at radius 1 is 0.667 bits per heavy atom. The zero-order valence-corrected chi connectivity index (χ0v) is 9.33. The predicted molar refractivity (Wildman–Crippen MR) is 66.0 cm³/mol. The van der Waals surface area contributed by atoms with Gasteiger partial charge in [-0.2, -0.15) is 0 Å². The van der Waals surface area contributed by atoms with E-state index in [1.54, 1.807) is 0 Å². The highest BCUT2D eigenvalue weighted by Gasteiger charge is 2.15. The maximum Gasteiger partial charge on any atom is -0.00135 e. The molecule has 0 heteroatoms. The fraction of sp³-hybridized carbons (Fsp3) is 0.200. The molecule has 0 saturated carbocycles. The van der Waals surface area contributed by atoms with Crippen LogP contribution < -0.4 is 0 Å². The lowest BCUT2D eigenvalue weighted by atomic mass is 10.1. The Morgan fingerprint density at radius 2 is 1.07 bits per heavy atom. The molecule has 0 heterocycles. The molecule has 0 atom stereocenters. The molecule has 0 saturated heterocycles. The minimum Gasteiger partial charge on any atom is -0.0683 e. The summed E-state index contributed by atoms with van der Waals surface area (Å²) < 4.78 is 0. The van der Waals surface area contributed by atoms with Gasteiger partial charge in [-0.25, -0.2) is 0 Å². The maximum atomic E-state index is 2.22. The summed E-state index contributed by atoms with van der Waals surface area (Å²) >= 11 is 0. The van der Waals surface area contributed by atoms with E-state index in [-0.39, 0.29) is 0 Å². The van der Waals surface area contributed by atoms with Crippen molar-refractivity contribution in [2.45, 2.75) is 20.3 Å². The first-order valence-electron chi connectivity index (χ1n) is 5.61. The van der Waals surface area contributed by atoms with E-state index in [0.29, 0.717) is 0 Å². The van der Waals surface area contributed by atoms with Gasteiger partial charge in [0.2, 0.25) is 0 Å². The van der Waals surface area contributed by atoms with Gasteiger partial charge in [0, 0.05) is 0 Å². The summed E-state index contributed by atoms with van der Waals surface area (Å²) in [7, 11) is 0. The smallest absolute Gasteiger partial charge is 0.00135 e. The molecule has 0 aromatic heterocycles. The van der Waals surface area contributed by atoms with E-state index < -0.39 is 0 Å². The molecule has 0 N–H and O–H groups in total. The van der Waals surface area contributed by atoms with Crippen LogP contribution >= 0.6 is 0 Å². The third-order valence-corrected chi connectivity index (χ3v) is 2.71. The Labute approximate surface area is 91.6 Å². The molecule has 2 aromatic rings. The van der Waals surface area contributed by atoms with Gasteiger partial charge in [0.05, 0.1) is 0 Å². The van der Waals surface area contributed by atoms with Crippen molar-refractivity contribution in [3.63, 3.8) is 0 Å². The molecule has 3 rings (SSSR count). The fourth-order valence-corrected chi connectivity index (χ4v) is 2.08. The molecule has 0 unspecified atom stereocenters. The van der Waals surface area contributed by atoms with Crippen LogP contribution in [-0.2, 0) is 6.42 Å². The van der Waals surface area contributed by atoms with Crippen LogP contribution in [0.15, 0.2) is 48.5 Å². The largest absolute Gasteiger partial charge is 0.0683 e. The van der Waals surface area contributed by atoms with Gasteiger partial charge < -0.3 is 0 Å². The molecule has 0 fully saturated rings. The van der Waals surface area contributed by atoms with Crippen LogP contribution in [0.3, 0.4) is 0 Å². The van der Waals surface area contributed by atoms with Crippen LogP contribution in [0.5, 0.6) is 0 Å². The molecule has 0 radical (unpaired) electrons. The molecule has 15 heavy (non-hydrogen) atoms. The topological polar surface area (TPSA) is 0 Å². The molecule has 0 spiro atoms. The summed E-state index contributed by atoms with van der Waals surface area (Å²) in [6.45, 7) is 4.00. The SMILES string of the molecule is CC.c1ccc2c(c1)Cc1ccccc1-2. The minimum atomic E-state index is 1.10. The van der Waals surface area contributed by atoms with E-state index in [9.17, 15) is 0 Å². The summed E-state index contributed by atoms with van der Waals surface area (Å²) in [5.41, 5.74) is 5.75. The first kappa shape index (κ1) is 9.97. The van der Waals surface area contributed by atoms with Crippen molar-refractivity contribution in [1.82, 2.24) is 0 Å². The molecule has 1 aliphatic rings. The molecule has 76 valence electrons. The van der Waals surface area contributed by atoms with Gasteiger partial charge in [0.15, 0.2) is 0 Å². The van der Waals surface area contributed by atoms with Crippen molar-refractivity contribution in [2.24, 2.45) is 0 Å². The quantitative estimate of drug-likeness (QED) is 0.503. The molecule has 1 aliphatic carbocycles. The summed E-state index contributed by atoms with van der Waals surface area (Å²) in [6, 6.07) is 17.3. The fourth-order valence-electron chi connectivity index (χ4n) is 2.08. The highest BCUT2D eigenvalue weighted by Crippen LogP contribution is 2.35. The normalized spacial score (nSPS) is 11.1. The summed E-state index contributed by atoms with van der Waals surface area (Å²) in [4.78, 5) is 0. The van der Waals surface area contributed by atoms with Crippen molar-refractivity contribution < 1.29 is 0 Å². The number of hydrogen-bond donors (Lipinski definition) is 0. The second kappa shape index (κ2) is 4.31. The standard InChI is InChI=1S/C13H10.C2H6/c1-3-7-12-10(5-1)9-11-6-2-4-8-13(11)12;1-2/h1-8H,9H2;1-2H3. The number of hydrogen-bond acceptors (Lipinski definition) is 0. The average molecular weight is 196 g/mol.